The molecule has 0 saturated carbocycles. The molecular weight excluding hydrogens is 420 g/mol. The molecule has 7 N–H and O–H groups in total. The second-order valence-electron chi connectivity index (χ2n) is 7.10. The number of hydrogen-bond donors (Lipinski definition) is 6. The fourth-order valence-corrected chi connectivity index (χ4v) is 3.53. The Balaban J connectivity index is 2.83. The number of benzene rings is 2. The third-order valence-corrected chi connectivity index (χ3v) is 4.85. The quantitative estimate of drug-likeness (QED) is 0.277. The van der Waals surface area contributed by atoms with E-state index in [0.717, 1.165) is 0 Å². The molecule has 0 aromatic heterocycles. The smallest absolute Gasteiger partial charge is 0.307 e. The van der Waals surface area contributed by atoms with Gasteiger partial charge in [0.1, 0.15) is 0 Å². The summed E-state index contributed by atoms with van der Waals surface area (Å²) in [6.07, 6.45) is -2.76. The average molecular weight is 442 g/mol. The molecule has 0 heterocycles. The normalized spacial score (nSPS) is 11.5. The average Bonchev–Trinajstić information content (AvgIpc) is 2.70. The van der Waals surface area contributed by atoms with E-state index >= 15 is 0 Å². The molecule has 0 aliphatic carbocycles. The van der Waals surface area contributed by atoms with Gasteiger partial charge in [0, 0.05) is 5.56 Å². The highest BCUT2D eigenvalue weighted by Gasteiger charge is 2.27. The summed E-state index contributed by atoms with van der Waals surface area (Å²) in [5.41, 5.74) is 6.18. The summed E-state index contributed by atoms with van der Waals surface area (Å²) in [7, 11) is 0. The van der Waals surface area contributed by atoms with Gasteiger partial charge in [-0.25, -0.2) is 0 Å². The molecular formula is C22H22N2O8. The van der Waals surface area contributed by atoms with Crippen LogP contribution in [0.1, 0.15) is 39.4 Å². The molecule has 0 aliphatic heterocycles. The van der Waals surface area contributed by atoms with Crippen LogP contribution in [-0.4, -0.2) is 50.0 Å². The Bertz CT molecular complexity index is 1080. The number of hydrogen-bond acceptors (Lipinski definition) is 6. The SMILES string of the molecule is N=C(c1cc(CC(=O)O)c(CC(=O)O)c(CC(=O)O)c1CC(=O)O)C(N)c1ccccc1. The van der Waals surface area contributed by atoms with Crippen LogP contribution >= 0.6 is 0 Å². The minimum atomic E-state index is -1.36. The molecule has 32 heavy (non-hydrogen) atoms. The van der Waals surface area contributed by atoms with Crippen molar-refractivity contribution >= 4 is 29.6 Å². The Kier molecular flexibility index (Phi) is 7.81. The molecule has 1 atom stereocenters. The summed E-state index contributed by atoms with van der Waals surface area (Å²) in [5, 5.41) is 46.0. The van der Waals surface area contributed by atoms with Crippen molar-refractivity contribution in [1.29, 1.82) is 5.41 Å². The van der Waals surface area contributed by atoms with Crippen LogP contribution in [0.15, 0.2) is 36.4 Å². The van der Waals surface area contributed by atoms with Gasteiger partial charge >= 0.3 is 23.9 Å². The highest BCUT2D eigenvalue weighted by molar-refractivity contribution is 6.05. The van der Waals surface area contributed by atoms with E-state index in [1.165, 1.54) is 6.07 Å². The number of nitrogens with one attached hydrogen (secondary N) is 1. The van der Waals surface area contributed by atoms with Crippen molar-refractivity contribution in [2.45, 2.75) is 31.7 Å². The Morgan fingerprint density at radius 2 is 1.22 bits per heavy atom. The molecule has 2 aromatic rings. The zero-order chi connectivity index (χ0) is 24.0. The molecule has 0 spiro atoms. The third kappa shape index (κ3) is 5.99. The van der Waals surface area contributed by atoms with E-state index in [2.05, 4.69) is 0 Å². The molecule has 168 valence electrons. The maximum atomic E-state index is 11.6. The maximum Gasteiger partial charge on any atom is 0.307 e. The summed E-state index contributed by atoms with van der Waals surface area (Å²) < 4.78 is 0. The van der Waals surface area contributed by atoms with Crippen molar-refractivity contribution < 1.29 is 39.6 Å². The minimum absolute atomic E-state index is 0.00898. The van der Waals surface area contributed by atoms with Crippen LogP contribution < -0.4 is 5.73 Å². The van der Waals surface area contributed by atoms with Crippen LogP contribution in [0.5, 0.6) is 0 Å². The van der Waals surface area contributed by atoms with Crippen LogP contribution in [0, 0.1) is 5.41 Å². The molecule has 2 aromatic carbocycles. The van der Waals surface area contributed by atoms with Crippen molar-refractivity contribution in [2.75, 3.05) is 0 Å². The van der Waals surface area contributed by atoms with E-state index in [1.807, 2.05) is 0 Å². The van der Waals surface area contributed by atoms with Crippen molar-refractivity contribution in [3.8, 4) is 0 Å². The second-order valence-corrected chi connectivity index (χ2v) is 7.10. The lowest BCUT2D eigenvalue weighted by atomic mass is 9.82. The molecule has 0 saturated heterocycles. The van der Waals surface area contributed by atoms with Gasteiger partial charge in [-0.3, -0.25) is 19.2 Å². The van der Waals surface area contributed by atoms with Gasteiger partial charge in [0.15, 0.2) is 0 Å². The van der Waals surface area contributed by atoms with Gasteiger partial charge in [0.05, 0.1) is 37.4 Å². The van der Waals surface area contributed by atoms with Gasteiger partial charge in [-0.15, -0.1) is 0 Å². The van der Waals surface area contributed by atoms with Gasteiger partial charge < -0.3 is 31.6 Å². The van der Waals surface area contributed by atoms with E-state index in [4.69, 9.17) is 11.1 Å². The molecule has 0 bridgehead atoms. The number of carboxylic acid groups (broad SMARTS) is 4. The number of carbonyl (C=O) groups is 4. The minimum Gasteiger partial charge on any atom is -0.481 e. The van der Waals surface area contributed by atoms with Crippen molar-refractivity contribution in [3.63, 3.8) is 0 Å². The Morgan fingerprint density at radius 1 is 0.750 bits per heavy atom. The van der Waals surface area contributed by atoms with E-state index in [-0.39, 0.29) is 33.5 Å². The number of carboxylic acids is 4. The van der Waals surface area contributed by atoms with Crippen LogP contribution in [-0.2, 0) is 44.9 Å². The zero-order valence-electron chi connectivity index (χ0n) is 16.9. The first-order valence-corrected chi connectivity index (χ1v) is 9.44. The molecule has 0 radical (unpaired) electrons. The van der Waals surface area contributed by atoms with Crippen LogP contribution in [0.2, 0.25) is 0 Å². The van der Waals surface area contributed by atoms with Crippen molar-refractivity contribution in [1.82, 2.24) is 0 Å². The summed E-state index contributed by atoms with van der Waals surface area (Å²) >= 11 is 0. The van der Waals surface area contributed by atoms with Crippen molar-refractivity contribution in [3.05, 3.63) is 69.8 Å². The fourth-order valence-electron chi connectivity index (χ4n) is 3.53. The lowest BCUT2D eigenvalue weighted by Gasteiger charge is -2.23. The Labute approximate surface area is 182 Å². The fraction of sp³-hybridized carbons (Fsp3) is 0.227. The van der Waals surface area contributed by atoms with Gasteiger partial charge in [-0.05, 0) is 33.9 Å². The highest BCUT2D eigenvalue weighted by Crippen LogP contribution is 2.29. The van der Waals surface area contributed by atoms with E-state index in [1.54, 1.807) is 30.3 Å². The summed E-state index contributed by atoms with van der Waals surface area (Å²) in [6, 6.07) is 8.68. The van der Waals surface area contributed by atoms with Gasteiger partial charge in [-0.1, -0.05) is 30.3 Å². The number of rotatable bonds is 11. The molecule has 0 amide bonds. The largest absolute Gasteiger partial charge is 0.481 e. The van der Waals surface area contributed by atoms with Crippen LogP contribution in [0.4, 0.5) is 0 Å². The Hall–Kier alpha value is -4.05. The van der Waals surface area contributed by atoms with Gasteiger partial charge in [-0.2, -0.15) is 0 Å². The Morgan fingerprint density at radius 3 is 1.72 bits per heavy atom. The molecule has 0 fully saturated rings. The van der Waals surface area contributed by atoms with Crippen LogP contribution in [0.3, 0.4) is 0 Å². The first kappa shape index (κ1) is 24.2. The first-order valence-electron chi connectivity index (χ1n) is 9.44. The third-order valence-electron chi connectivity index (χ3n) is 4.85. The topological polar surface area (TPSA) is 199 Å². The summed E-state index contributed by atoms with van der Waals surface area (Å²) in [5.74, 6) is -5.33. The molecule has 10 nitrogen and oxygen atoms in total. The summed E-state index contributed by atoms with van der Waals surface area (Å²) in [4.78, 5) is 45.9. The monoisotopic (exact) mass is 442 g/mol. The highest BCUT2D eigenvalue weighted by atomic mass is 16.4. The molecule has 1 unspecified atom stereocenters. The maximum absolute atomic E-state index is 11.6. The second kappa shape index (κ2) is 10.3. The predicted octanol–water partition coefficient (Wildman–Crippen LogP) is 1.26. The first-order chi connectivity index (χ1) is 15.0. The standard InChI is InChI=1S/C22H22N2O8/c23-21(11-4-2-1-3-5-11)22(24)16-6-12(7-17(25)26)13(8-18(27)28)14(9-19(29)30)15(16)10-20(31)32/h1-6,21,24H,7-10,23H2,(H,25,26)(H,27,28)(H,29,30)(H,31,32). The zero-order valence-corrected chi connectivity index (χ0v) is 16.9. The number of nitrogens with two attached hydrogens (primary N) is 1. The van der Waals surface area contributed by atoms with E-state index < -0.39 is 55.6 Å². The number of aliphatic carboxylic acids is 4. The molecule has 2 rings (SSSR count). The summed E-state index contributed by atoms with van der Waals surface area (Å²) in [6.45, 7) is 0. The molecule has 0 aliphatic rings. The van der Waals surface area contributed by atoms with Gasteiger partial charge in [0.25, 0.3) is 0 Å². The molecule has 10 heteroatoms. The lowest BCUT2D eigenvalue weighted by Crippen LogP contribution is -2.26. The van der Waals surface area contributed by atoms with Crippen LogP contribution in [0.25, 0.3) is 0 Å². The van der Waals surface area contributed by atoms with E-state index in [9.17, 15) is 39.6 Å². The lowest BCUT2D eigenvalue weighted by molar-refractivity contribution is -0.138. The predicted molar refractivity (Wildman–Crippen MR) is 112 cm³/mol. The van der Waals surface area contributed by atoms with E-state index in [0.29, 0.717) is 5.56 Å². The van der Waals surface area contributed by atoms with Gasteiger partial charge in [0.2, 0.25) is 0 Å². The van der Waals surface area contributed by atoms with Crippen molar-refractivity contribution in [2.24, 2.45) is 5.73 Å².